The number of nitrogens with zero attached hydrogens (tertiary/aromatic N) is 2. The largest absolute Gasteiger partial charge is 0.365 e. The summed E-state index contributed by atoms with van der Waals surface area (Å²) in [4.78, 5) is 25.0. The average Bonchev–Trinajstić information content (AvgIpc) is 2.92. The number of rotatable bonds is 3. The fourth-order valence-corrected chi connectivity index (χ4v) is 2.55. The van der Waals surface area contributed by atoms with E-state index in [1.807, 2.05) is 18.2 Å². The van der Waals surface area contributed by atoms with Crippen LogP contribution in [0.2, 0.25) is 0 Å². The Labute approximate surface area is 129 Å². The summed E-state index contributed by atoms with van der Waals surface area (Å²) in [5.74, 6) is 0.235. The third-order valence-corrected chi connectivity index (χ3v) is 3.64. The van der Waals surface area contributed by atoms with Crippen LogP contribution in [0.4, 0.5) is 10.2 Å². The van der Waals surface area contributed by atoms with Gasteiger partial charge in [0.25, 0.3) is 0 Å². The second-order valence-electron chi connectivity index (χ2n) is 5.20. The highest BCUT2D eigenvalue weighted by atomic mass is 19.1. The minimum Gasteiger partial charge on any atom is -0.365 e. The van der Waals surface area contributed by atoms with Crippen LogP contribution in [0.1, 0.15) is 5.56 Å². The van der Waals surface area contributed by atoms with Crippen molar-refractivity contribution in [2.75, 3.05) is 5.32 Å². The predicted molar refractivity (Wildman–Crippen MR) is 85.7 cm³/mol. The van der Waals surface area contributed by atoms with Gasteiger partial charge in [0.15, 0.2) is 0 Å². The maximum absolute atomic E-state index is 13.4. The van der Waals surface area contributed by atoms with Gasteiger partial charge in [-0.25, -0.2) is 19.2 Å². The summed E-state index contributed by atoms with van der Waals surface area (Å²) < 4.78 is 13.4. The van der Waals surface area contributed by atoms with Crippen LogP contribution in [-0.4, -0.2) is 19.9 Å². The zero-order valence-electron chi connectivity index (χ0n) is 11.9. The summed E-state index contributed by atoms with van der Waals surface area (Å²) >= 11 is 0. The number of hydrogen-bond acceptors (Lipinski definition) is 4. The van der Waals surface area contributed by atoms with E-state index < -0.39 is 0 Å². The topological polar surface area (TPSA) is 86.5 Å². The fourth-order valence-electron chi connectivity index (χ4n) is 2.55. The molecule has 0 aliphatic heterocycles. The molecule has 114 valence electrons. The molecular weight excluding hydrogens is 297 g/mol. The third-order valence-electron chi connectivity index (χ3n) is 3.64. The van der Waals surface area contributed by atoms with E-state index in [0.29, 0.717) is 23.3 Å². The minimum absolute atomic E-state index is 0.234. The normalized spacial score (nSPS) is 11.2. The molecule has 2 aromatic carbocycles. The monoisotopic (exact) mass is 309 g/mol. The molecule has 4 aromatic rings. The zero-order valence-corrected chi connectivity index (χ0v) is 11.9. The van der Waals surface area contributed by atoms with E-state index in [-0.39, 0.29) is 11.5 Å². The number of halogens is 1. The minimum atomic E-state index is -0.332. The van der Waals surface area contributed by atoms with Crippen molar-refractivity contribution in [1.82, 2.24) is 19.9 Å². The molecule has 0 aliphatic carbocycles. The highest BCUT2D eigenvalue weighted by Gasteiger charge is 2.06. The Hall–Kier alpha value is -3.22. The van der Waals surface area contributed by atoms with E-state index >= 15 is 0 Å². The molecule has 0 spiro atoms. The number of benzene rings is 2. The van der Waals surface area contributed by atoms with Crippen molar-refractivity contribution >= 4 is 27.8 Å². The molecule has 4 rings (SSSR count). The highest BCUT2D eigenvalue weighted by Crippen LogP contribution is 2.21. The predicted octanol–water partition coefficient (Wildman–Crippen LogP) is 2.55. The van der Waals surface area contributed by atoms with E-state index in [4.69, 9.17) is 0 Å². The summed E-state index contributed by atoms with van der Waals surface area (Å²) in [6, 6.07) is 10.0. The lowest BCUT2D eigenvalue weighted by Gasteiger charge is -2.08. The molecule has 0 aliphatic rings. The van der Waals surface area contributed by atoms with Crippen molar-refractivity contribution in [2.24, 2.45) is 0 Å². The van der Waals surface area contributed by atoms with E-state index in [1.54, 1.807) is 6.07 Å². The van der Waals surface area contributed by atoms with Crippen molar-refractivity contribution < 1.29 is 4.39 Å². The molecule has 0 unspecified atom stereocenters. The first-order valence-electron chi connectivity index (χ1n) is 7.04. The van der Waals surface area contributed by atoms with Crippen LogP contribution in [-0.2, 0) is 6.54 Å². The first-order valence-corrected chi connectivity index (χ1v) is 7.04. The van der Waals surface area contributed by atoms with Gasteiger partial charge in [0.2, 0.25) is 0 Å². The molecule has 3 N–H and O–H groups in total. The van der Waals surface area contributed by atoms with Gasteiger partial charge in [-0.15, -0.1) is 0 Å². The number of anilines is 1. The van der Waals surface area contributed by atoms with Crippen molar-refractivity contribution in [2.45, 2.75) is 6.54 Å². The van der Waals surface area contributed by atoms with Crippen molar-refractivity contribution in [1.29, 1.82) is 0 Å². The van der Waals surface area contributed by atoms with Gasteiger partial charge in [-0.05, 0) is 35.9 Å². The molecule has 0 atom stereocenters. The Balaban J connectivity index is 1.65. The molecular formula is C16H12FN5O. The number of aromatic amines is 2. The first-order chi connectivity index (χ1) is 11.2. The molecule has 0 saturated heterocycles. The zero-order chi connectivity index (χ0) is 15.8. The summed E-state index contributed by atoms with van der Waals surface area (Å²) in [5.41, 5.74) is 2.91. The lowest BCUT2D eigenvalue weighted by molar-refractivity contribution is 0.629. The van der Waals surface area contributed by atoms with Gasteiger partial charge in [0.1, 0.15) is 18.0 Å². The van der Waals surface area contributed by atoms with Crippen LogP contribution in [0, 0.1) is 5.82 Å². The Kier molecular flexibility index (Phi) is 3.04. The van der Waals surface area contributed by atoms with Crippen molar-refractivity contribution in [3.8, 4) is 0 Å². The molecule has 7 heteroatoms. The number of aromatic nitrogens is 4. The maximum Gasteiger partial charge on any atom is 0.323 e. The summed E-state index contributed by atoms with van der Waals surface area (Å²) in [7, 11) is 0. The summed E-state index contributed by atoms with van der Waals surface area (Å²) in [6.45, 7) is 0.492. The molecule has 23 heavy (non-hydrogen) atoms. The molecule has 2 heterocycles. The van der Waals surface area contributed by atoms with Crippen LogP contribution >= 0.6 is 0 Å². The number of nitrogens with one attached hydrogen (secondary N) is 3. The van der Waals surface area contributed by atoms with E-state index in [1.165, 1.54) is 18.5 Å². The first kappa shape index (κ1) is 13.4. The fraction of sp³-hybridized carbons (Fsp3) is 0.0625. The molecule has 0 saturated carbocycles. The van der Waals surface area contributed by atoms with Crippen molar-refractivity contribution in [3.05, 3.63) is 64.6 Å². The van der Waals surface area contributed by atoms with E-state index in [2.05, 4.69) is 25.3 Å². The lowest BCUT2D eigenvalue weighted by Crippen LogP contribution is -2.02. The van der Waals surface area contributed by atoms with Gasteiger partial charge in [0.05, 0.1) is 16.6 Å². The van der Waals surface area contributed by atoms with Gasteiger partial charge < -0.3 is 15.3 Å². The maximum atomic E-state index is 13.4. The SMILES string of the molecule is O=c1[nH]c2ccc(CNc3ncnc4ccc(F)cc34)cc2[nH]1. The van der Waals surface area contributed by atoms with Gasteiger partial charge >= 0.3 is 5.69 Å². The van der Waals surface area contributed by atoms with Gasteiger partial charge in [-0.2, -0.15) is 0 Å². The highest BCUT2D eigenvalue weighted by molar-refractivity contribution is 5.88. The van der Waals surface area contributed by atoms with Crippen LogP contribution in [0.15, 0.2) is 47.5 Å². The molecule has 2 aromatic heterocycles. The molecule has 0 fully saturated rings. The number of fused-ring (bicyclic) bond motifs is 2. The van der Waals surface area contributed by atoms with E-state index in [0.717, 1.165) is 16.6 Å². The standard InChI is InChI=1S/C16H12FN5O/c17-10-2-4-12-11(6-10)15(20-8-19-12)18-7-9-1-3-13-14(5-9)22-16(23)21-13/h1-6,8H,7H2,(H,18,19,20)(H2,21,22,23). The Morgan fingerprint density at radius 3 is 2.83 bits per heavy atom. The Bertz CT molecular complexity index is 1070. The number of H-pyrrole nitrogens is 2. The van der Waals surface area contributed by atoms with Gasteiger partial charge in [-0.1, -0.05) is 6.07 Å². The van der Waals surface area contributed by atoms with Crippen molar-refractivity contribution in [3.63, 3.8) is 0 Å². The Morgan fingerprint density at radius 2 is 1.91 bits per heavy atom. The lowest BCUT2D eigenvalue weighted by atomic mass is 10.2. The number of imidazole rings is 1. The van der Waals surface area contributed by atoms with Crippen LogP contribution in [0.25, 0.3) is 21.9 Å². The van der Waals surface area contributed by atoms with Crippen LogP contribution < -0.4 is 11.0 Å². The second kappa shape index (κ2) is 5.20. The summed E-state index contributed by atoms with van der Waals surface area (Å²) in [6.07, 6.45) is 1.44. The van der Waals surface area contributed by atoms with E-state index in [9.17, 15) is 9.18 Å². The third kappa shape index (κ3) is 2.52. The molecule has 0 bridgehead atoms. The summed E-state index contributed by atoms with van der Waals surface area (Å²) in [5, 5.41) is 3.81. The molecule has 0 amide bonds. The van der Waals surface area contributed by atoms with Gasteiger partial charge in [0, 0.05) is 11.9 Å². The van der Waals surface area contributed by atoms with Gasteiger partial charge in [-0.3, -0.25) is 0 Å². The number of hydrogen-bond donors (Lipinski definition) is 3. The van der Waals surface area contributed by atoms with Crippen LogP contribution in [0.3, 0.4) is 0 Å². The quantitative estimate of drug-likeness (QED) is 0.543. The second-order valence-corrected chi connectivity index (χ2v) is 5.20. The average molecular weight is 309 g/mol. The molecule has 6 nitrogen and oxygen atoms in total. The van der Waals surface area contributed by atoms with Crippen LogP contribution in [0.5, 0.6) is 0 Å². The smallest absolute Gasteiger partial charge is 0.323 e. The Morgan fingerprint density at radius 1 is 1.04 bits per heavy atom. The molecule has 0 radical (unpaired) electrons.